The summed E-state index contributed by atoms with van der Waals surface area (Å²) in [6.07, 6.45) is 1.98. The minimum Gasteiger partial charge on any atom is -0.382 e. The van der Waals surface area contributed by atoms with Gasteiger partial charge in [0.05, 0.1) is 0 Å². The molecule has 5 nitrogen and oxygen atoms in total. The first-order chi connectivity index (χ1) is 9.35. The molecule has 1 unspecified atom stereocenters. The summed E-state index contributed by atoms with van der Waals surface area (Å²) in [5.41, 5.74) is 5.87. The van der Waals surface area contributed by atoms with Gasteiger partial charge in [0.15, 0.2) is 5.13 Å². The summed E-state index contributed by atoms with van der Waals surface area (Å²) in [5.74, 6) is 0.752. The Bertz CT molecular complexity index is 444. The minimum atomic E-state index is -0.121. The maximum absolute atomic E-state index is 12.2. The van der Waals surface area contributed by atoms with Gasteiger partial charge in [-0.15, -0.1) is 0 Å². The van der Waals surface area contributed by atoms with Crippen LogP contribution in [-0.4, -0.2) is 30.5 Å². The van der Waals surface area contributed by atoms with Crippen LogP contribution in [0.15, 0.2) is 0 Å². The summed E-state index contributed by atoms with van der Waals surface area (Å²) in [4.78, 5) is 19.0. The fourth-order valence-corrected chi connectivity index (χ4v) is 3.01. The average molecular weight is 298 g/mol. The van der Waals surface area contributed by atoms with E-state index in [1.54, 1.807) is 0 Å². The van der Waals surface area contributed by atoms with E-state index in [1.165, 1.54) is 11.3 Å². The molecule has 114 valence electrons. The number of nitrogens with zero attached hydrogens (tertiary/aromatic N) is 2. The fourth-order valence-electron chi connectivity index (χ4n) is 2.13. The third-order valence-corrected chi connectivity index (χ3v) is 4.12. The molecule has 1 rings (SSSR count). The van der Waals surface area contributed by atoms with Crippen molar-refractivity contribution in [1.82, 2.24) is 10.3 Å². The average Bonchev–Trinajstić information content (AvgIpc) is 2.70. The largest absolute Gasteiger partial charge is 0.382 e. The van der Waals surface area contributed by atoms with Gasteiger partial charge in [0.1, 0.15) is 10.7 Å². The van der Waals surface area contributed by atoms with Crippen LogP contribution in [0.4, 0.5) is 10.9 Å². The molecule has 0 aliphatic carbocycles. The van der Waals surface area contributed by atoms with Crippen molar-refractivity contribution >= 4 is 28.2 Å². The number of amides is 1. The summed E-state index contributed by atoms with van der Waals surface area (Å²) >= 11 is 1.35. The monoisotopic (exact) mass is 298 g/mol. The molecule has 0 aliphatic heterocycles. The van der Waals surface area contributed by atoms with Crippen LogP contribution in [0.2, 0.25) is 0 Å². The van der Waals surface area contributed by atoms with Crippen LogP contribution >= 0.6 is 11.3 Å². The lowest BCUT2D eigenvalue weighted by molar-refractivity contribution is 0.0941. The Hall–Kier alpha value is -1.30. The number of nitrogens with two attached hydrogens (primary N) is 1. The van der Waals surface area contributed by atoms with Crippen molar-refractivity contribution in [2.75, 3.05) is 24.2 Å². The quantitative estimate of drug-likeness (QED) is 0.812. The second-order valence-electron chi connectivity index (χ2n) is 5.64. The van der Waals surface area contributed by atoms with Gasteiger partial charge in [0, 0.05) is 19.6 Å². The highest BCUT2D eigenvalue weighted by Crippen LogP contribution is 2.27. The van der Waals surface area contributed by atoms with Gasteiger partial charge in [-0.1, -0.05) is 32.1 Å². The van der Waals surface area contributed by atoms with Crippen molar-refractivity contribution in [2.24, 2.45) is 5.92 Å². The molecule has 20 heavy (non-hydrogen) atoms. The SMILES string of the molecule is CCCN(C)c1nc(N)c(C(=O)NC(C)CC(C)C)s1. The number of carbonyl (C=O) groups is 1. The molecule has 1 heterocycles. The van der Waals surface area contributed by atoms with Crippen molar-refractivity contribution < 1.29 is 4.79 Å². The highest BCUT2D eigenvalue weighted by Gasteiger charge is 2.19. The van der Waals surface area contributed by atoms with Gasteiger partial charge in [-0.3, -0.25) is 4.79 Å². The fraction of sp³-hybridized carbons (Fsp3) is 0.714. The summed E-state index contributed by atoms with van der Waals surface area (Å²) < 4.78 is 0. The number of hydrogen-bond acceptors (Lipinski definition) is 5. The number of anilines is 2. The molecule has 0 radical (unpaired) electrons. The van der Waals surface area contributed by atoms with Crippen LogP contribution in [0, 0.1) is 5.92 Å². The lowest BCUT2D eigenvalue weighted by Gasteiger charge is -2.15. The van der Waals surface area contributed by atoms with Gasteiger partial charge in [-0.05, 0) is 25.7 Å². The maximum atomic E-state index is 12.2. The van der Waals surface area contributed by atoms with Crippen LogP contribution in [-0.2, 0) is 0 Å². The molecule has 0 saturated carbocycles. The number of carbonyl (C=O) groups excluding carboxylic acids is 1. The molecule has 0 spiro atoms. The van der Waals surface area contributed by atoms with Gasteiger partial charge in [0.25, 0.3) is 5.91 Å². The summed E-state index contributed by atoms with van der Waals surface area (Å²) in [6.45, 7) is 9.30. The Morgan fingerprint density at radius 3 is 2.65 bits per heavy atom. The molecule has 0 bridgehead atoms. The molecule has 1 amide bonds. The van der Waals surface area contributed by atoms with Crippen LogP contribution in [0.25, 0.3) is 0 Å². The van der Waals surface area contributed by atoms with Crippen molar-refractivity contribution in [3.05, 3.63) is 4.88 Å². The van der Waals surface area contributed by atoms with E-state index in [4.69, 9.17) is 5.73 Å². The van der Waals surface area contributed by atoms with Crippen LogP contribution < -0.4 is 16.0 Å². The topological polar surface area (TPSA) is 71.2 Å². The van der Waals surface area contributed by atoms with Crippen molar-refractivity contribution in [1.29, 1.82) is 0 Å². The lowest BCUT2D eigenvalue weighted by Crippen LogP contribution is -2.33. The van der Waals surface area contributed by atoms with E-state index in [0.717, 1.165) is 24.5 Å². The number of rotatable bonds is 7. The van der Waals surface area contributed by atoms with E-state index < -0.39 is 0 Å². The predicted octanol–water partition coefficient (Wildman–Crippen LogP) is 2.74. The van der Waals surface area contributed by atoms with Crippen LogP contribution in [0.3, 0.4) is 0 Å². The van der Waals surface area contributed by atoms with E-state index in [1.807, 2.05) is 18.9 Å². The van der Waals surface area contributed by atoms with E-state index in [-0.39, 0.29) is 11.9 Å². The molecular weight excluding hydrogens is 272 g/mol. The van der Waals surface area contributed by atoms with E-state index in [2.05, 4.69) is 31.1 Å². The first kappa shape index (κ1) is 16.8. The Kier molecular flexibility index (Phi) is 6.26. The van der Waals surface area contributed by atoms with Gasteiger partial charge < -0.3 is 16.0 Å². The molecule has 1 aromatic rings. The molecule has 0 fully saturated rings. The number of thiazole rings is 1. The first-order valence-electron chi connectivity index (χ1n) is 7.13. The molecule has 6 heteroatoms. The van der Waals surface area contributed by atoms with Gasteiger partial charge in [0.2, 0.25) is 0 Å². The second-order valence-corrected chi connectivity index (χ2v) is 6.61. The zero-order valence-electron chi connectivity index (χ0n) is 13.1. The van der Waals surface area contributed by atoms with Crippen molar-refractivity contribution in [3.63, 3.8) is 0 Å². The third kappa shape index (κ3) is 4.67. The third-order valence-electron chi connectivity index (χ3n) is 2.94. The summed E-state index contributed by atoms with van der Waals surface area (Å²) in [6, 6.07) is 0.140. The smallest absolute Gasteiger partial charge is 0.265 e. The van der Waals surface area contributed by atoms with E-state index in [9.17, 15) is 4.79 Å². The molecule has 0 aromatic carbocycles. The minimum absolute atomic E-state index is 0.121. The molecule has 1 aromatic heterocycles. The molecular formula is C14H26N4OS. The van der Waals surface area contributed by atoms with E-state index >= 15 is 0 Å². The molecule has 0 aliphatic rings. The Labute approximate surface area is 125 Å². The predicted molar refractivity (Wildman–Crippen MR) is 86.5 cm³/mol. The highest BCUT2D eigenvalue weighted by molar-refractivity contribution is 7.18. The molecule has 3 N–H and O–H groups in total. The normalized spacial score (nSPS) is 12.5. The van der Waals surface area contributed by atoms with Crippen LogP contribution in [0.1, 0.15) is 50.2 Å². The Morgan fingerprint density at radius 2 is 2.10 bits per heavy atom. The van der Waals surface area contributed by atoms with E-state index in [0.29, 0.717) is 16.6 Å². The van der Waals surface area contributed by atoms with Crippen molar-refractivity contribution in [2.45, 2.75) is 46.6 Å². The Balaban J connectivity index is 2.73. The number of hydrogen-bond donors (Lipinski definition) is 2. The van der Waals surface area contributed by atoms with Crippen molar-refractivity contribution in [3.8, 4) is 0 Å². The molecule has 1 atom stereocenters. The summed E-state index contributed by atoms with van der Waals surface area (Å²) in [7, 11) is 1.96. The maximum Gasteiger partial charge on any atom is 0.265 e. The van der Waals surface area contributed by atoms with Gasteiger partial charge in [-0.2, -0.15) is 0 Å². The lowest BCUT2D eigenvalue weighted by atomic mass is 10.1. The number of nitrogens with one attached hydrogen (secondary N) is 1. The zero-order chi connectivity index (χ0) is 15.3. The van der Waals surface area contributed by atoms with Gasteiger partial charge in [-0.25, -0.2) is 4.98 Å². The molecule has 0 saturated heterocycles. The number of aromatic nitrogens is 1. The number of nitrogen functional groups attached to an aromatic ring is 1. The zero-order valence-corrected chi connectivity index (χ0v) is 13.9. The second kappa shape index (κ2) is 7.47. The highest BCUT2D eigenvalue weighted by atomic mass is 32.1. The van der Waals surface area contributed by atoms with Crippen LogP contribution in [0.5, 0.6) is 0 Å². The first-order valence-corrected chi connectivity index (χ1v) is 7.95. The Morgan fingerprint density at radius 1 is 1.45 bits per heavy atom. The van der Waals surface area contributed by atoms with Gasteiger partial charge >= 0.3 is 0 Å². The summed E-state index contributed by atoms with van der Waals surface area (Å²) in [5, 5.41) is 3.78. The standard InChI is InChI=1S/C14H26N4OS/c1-6-7-18(5)14-17-12(15)11(20-14)13(19)16-10(4)8-9(2)3/h9-10H,6-8,15H2,1-5H3,(H,16,19).